The van der Waals surface area contributed by atoms with Crippen LogP contribution in [0.3, 0.4) is 0 Å². The van der Waals surface area contributed by atoms with Crippen molar-refractivity contribution in [3.8, 4) is 0 Å². The van der Waals surface area contributed by atoms with Gasteiger partial charge in [0.1, 0.15) is 11.0 Å². The molecule has 0 bridgehead atoms. The summed E-state index contributed by atoms with van der Waals surface area (Å²) in [4.78, 5) is 6.48. The zero-order valence-corrected chi connectivity index (χ0v) is 11.1. The Kier molecular flexibility index (Phi) is 4.11. The molecule has 0 atom stereocenters. The van der Waals surface area contributed by atoms with E-state index in [2.05, 4.69) is 16.9 Å². The van der Waals surface area contributed by atoms with E-state index in [0.29, 0.717) is 10.8 Å². The van der Waals surface area contributed by atoms with Crippen molar-refractivity contribution in [1.29, 1.82) is 0 Å². The Hall–Kier alpha value is -0.960. The summed E-state index contributed by atoms with van der Waals surface area (Å²) in [6.45, 7) is 1.05. The zero-order valence-electron chi connectivity index (χ0n) is 10.3. The highest BCUT2D eigenvalue weighted by molar-refractivity contribution is 6.29. The number of anilines is 2. The van der Waals surface area contributed by atoms with Crippen LogP contribution in [-0.4, -0.2) is 18.6 Å². The average molecular weight is 254 g/mol. The first-order chi connectivity index (χ1) is 8.15. The summed E-state index contributed by atoms with van der Waals surface area (Å²) in [5.74, 6) is 1.66. The molecule has 2 rings (SSSR count). The lowest BCUT2D eigenvalue weighted by atomic mass is 9.89. The minimum absolute atomic E-state index is 0.468. The molecular formula is C13H20ClN3. The van der Waals surface area contributed by atoms with Crippen LogP contribution >= 0.6 is 11.6 Å². The molecule has 0 radical (unpaired) electrons. The molecule has 3 nitrogen and oxygen atoms in total. The first kappa shape index (κ1) is 12.5. The monoisotopic (exact) mass is 253 g/mol. The molecule has 17 heavy (non-hydrogen) atoms. The predicted molar refractivity (Wildman–Crippen MR) is 73.5 cm³/mol. The minimum atomic E-state index is 0.468. The highest BCUT2D eigenvalue weighted by Gasteiger charge is 2.16. The van der Waals surface area contributed by atoms with Crippen molar-refractivity contribution in [1.82, 2.24) is 4.98 Å². The average Bonchev–Trinajstić information content (AvgIpc) is 2.29. The molecule has 4 heteroatoms. The van der Waals surface area contributed by atoms with Crippen LogP contribution in [0.25, 0.3) is 0 Å². The van der Waals surface area contributed by atoms with Crippen molar-refractivity contribution in [2.24, 2.45) is 5.92 Å². The number of hydrogen-bond donors (Lipinski definition) is 1. The standard InChI is InChI=1S/C13H20ClN3/c1-17(9-10-5-3-2-4-6-10)13-8-11(15)7-12(14)16-13/h7-8,10H,2-6,9H2,1H3,(H2,15,16). The van der Waals surface area contributed by atoms with Crippen molar-refractivity contribution in [2.75, 3.05) is 24.2 Å². The van der Waals surface area contributed by atoms with Crippen LogP contribution in [0.2, 0.25) is 5.15 Å². The molecule has 0 unspecified atom stereocenters. The summed E-state index contributed by atoms with van der Waals surface area (Å²) >= 11 is 5.92. The minimum Gasteiger partial charge on any atom is -0.399 e. The molecule has 0 aromatic carbocycles. The molecular weight excluding hydrogens is 234 g/mol. The quantitative estimate of drug-likeness (QED) is 0.841. The zero-order chi connectivity index (χ0) is 12.3. The van der Waals surface area contributed by atoms with Crippen molar-refractivity contribution >= 4 is 23.1 Å². The van der Waals surface area contributed by atoms with Gasteiger partial charge < -0.3 is 10.6 Å². The van der Waals surface area contributed by atoms with Gasteiger partial charge in [0.15, 0.2) is 0 Å². The van der Waals surface area contributed by atoms with Gasteiger partial charge in [-0.1, -0.05) is 30.9 Å². The fourth-order valence-electron chi connectivity index (χ4n) is 2.55. The molecule has 1 saturated carbocycles. The lowest BCUT2D eigenvalue weighted by Gasteiger charge is -2.27. The normalized spacial score (nSPS) is 17.1. The Morgan fingerprint density at radius 2 is 2.06 bits per heavy atom. The van der Waals surface area contributed by atoms with Crippen molar-refractivity contribution in [2.45, 2.75) is 32.1 Å². The van der Waals surface area contributed by atoms with Gasteiger partial charge in [0.2, 0.25) is 0 Å². The van der Waals surface area contributed by atoms with E-state index in [1.165, 1.54) is 32.1 Å². The molecule has 2 N–H and O–H groups in total. The number of rotatable bonds is 3. The second-order valence-corrected chi connectivity index (χ2v) is 5.35. The van der Waals surface area contributed by atoms with Gasteiger partial charge in [0.05, 0.1) is 0 Å². The summed E-state index contributed by atoms with van der Waals surface area (Å²) in [6.07, 6.45) is 6.79. The highest BCUT2D eigenvalue weighted by atomic mass is 35.5. The van der Waals surface area contributed by atoms with Crippen LogP contribution in [0.15, 0.2) is 12.1 Å². The van der Waals surface area contributed by atoms with Gasteiger partial charge in [-0.3, -0.25) is 0 Å². The first-order valence-electron chi connectivity index (χ1n) is 6.29. The number of hydrogen-bond acceptors (Lipinski definition) is 3. The molecule has 0 amide bonds. The van der Waals surface area contributed by atoms with Crippen LogP contribution in [-0.2, 0) is 0 Å². The van der Waals surface area contributed by atoms with E-state index in [-0.39, 0.29) is 0 Å². The van der Waals surface area contributed by atoms with E-state index in [0.717, 1.165) is 18.3 Å². The number of pyridine rings is 1. The summed E-state index contributed by atoms with van der Waals surface area (Å²) in [5.41, 5.74) is 6.46. The maximum Gasteiger partial charge on any atom is 0.133 e. The molecule has 1 aliphatic rings. The predicted octanol–water partition coefficient (Wildman–Crippen LogP) is 3.33. The third-order valence-electron chi connectivity index (χ3n) is 3.45. The molecule has 1 fully saturated rings. The van der Waals surface area contributed by atoms with Crippen molar-refractivity contribution in [3.63, 3.8) is 0 Å². The maximum absolute atomic E-state index is 5.92. The van der Waals surface area contributed by atoms with E-state index >= 15 is 0 Å². The summed E-state index contributed by atoms with van der Waals surface area (Å²) < 4.78 is 0. The van der Waals surface area contributed by atoms with Crippen LogP contribution in [0.5, 0.6) is 0 Å². The van der Waals surface area contributed by atoms with Crippen LogP contribution in [0.4, 0.5) is 11.5 Å². The van der Waals surface area contributed by atoms with Gasteiger partial charge >= 0.3 is 0 Å². The number of nitrogen functional groups attached to an aromatic ring is 1. The topological polar surface area (TPSA) is 42.1 Å². The Labute approximate surface area is 108 Å². The van der Waals surface area contributed by atoms with Gasteiger partial charge in [-0.2, -0.15) is 0 Å². The summed E-state index contributed by atoms with van der Waals surface area (Å²) in [6, 6.07) is 3.56. The van der Waals surface area contributed by atoms with Gasteiger partial charge in [-0.25, -0.2) is 4.98 Å². The molecule has 94 valence electrons. The fourth-order valence-corrected chi connectivity index (χ4v) is 2.76. The van der Waals surface area contributed by atoms with E-state index < -0.39 is 0 Å². The lowest BCUT2D eigenvalue weighted by molar-refractivity contribution is 0.361. The third kappa shape index (κ3) is 3.50. The van der Waals surface area contributed by atoms with E-state index in [4.69, 9.17) is 17.3 Å². The molecule has 1 aliphatic carbocycles. The molecule has 1 aromatic rings. The Morgan fingerprint density at radius 3 is 2.71 bits per heavy atom. The Bertz CT molecular complexity index is 355. The van der Waals surface area contributed by atoms with Crippen LogP contribution in [0, 0.1) is 5.92 Å². The van der Waals surface area contributed by atoms with Gasteiger partial charge in [0.25, 0.3) is 0 Å². The number of nitrogens with two attached hydrogens (primary N) is 1. The number of halogens is 1. The maximum atomic E-state index is 5.92. The Morgan fingerprint density at radius 1 is 1.35 bits per heavy atom. The lowest BCUT2D eigenvalue weighted by Crippen LogP contribution is -2.27. The van der Waals surface area contributed by atoms with Gasteiger partial charge in [-0.05, 0) is 24.8 Å². The molecule has 0 aliphatic heterocycles. The van der Waals surface area contributed by atoms with Crippen molar-refractivity contribution < 1.29 is 0 Å². The first-order valence-corrected chi connectivity index (χ1v) is 6.67. The molecule has 1 heterocycles. The van der Waals surface area contributed by atoms with Gasteiger partial charge in [0, 0.05) is 25.3 Å². The molecule has 0 spiro atoms. The fraction of sp³-hybridized carbons (Fsp3) is 0.615. The number of nitrogens with zero attached hydrogens (tertiary/aromatic N) is 2. The summed E-state index contributed by atoms with van der Waals surface area (Å²) in [7, 11) is 2.06. The van der Waals surface area contributed by atoms with Gasteiger partial charge in [-0.15, -0.1) is 0 Å². The highest BCUT2D eigenvalue weighted by Crippen LogP contribution is 2.26. The second kappa shape index (κ2) is 5.58. The van der Waals surface area contributed by atoms with E-state index in [9.17, 15) is 0 Å². The van der Waals surface area contributed by atoms with Crippen LogP contribution in [0.1, 0.15) is 32.1 Å². The SMILES string of the molecule is CN(CC1CCCCC1)c1cc(N)cc(Cl)n1. The third-order valence-corrected chi connectivity index (χ3v) is 3.64. The summed E-state index contributed by atoms with van der Waals surface area (Å²) in [5, 5.41) is 0.468. The Balaban J connectivity index is 2.00. The van der Waals surface area contributed by atoms with Crippen molar-refractivity contribution in [3.05, 3.63) is 17.3 Å². The molecule has 1 aromatic heterocycles. The van der Waals surface area contributed by atoms with E-state index in [1.54, 1.807) is 6.07 Å². The molecule has 0 saturated heterocycles. The smallest absolute Gasteiger partial charge is 0.133 e. The largest absolute Gasteiger partial charge is 0.399 e. The van der Waals surface area contributed by atoms with Crippen LogP contribution < -0.4 is 10.6 Å². The second-order valence-electron chi connectivity index (χ2n) is 4.97. The number of aromatic nitrogens is 1. The van der Waals surface area contributed by atoms with E-state index in [1.807, 2.05) is 6.07 Å².